The number of ether oxygens (including phenoxy) is 2. The summed E-state index contributed by atoms with van der Waals surface area (Å²) in [6.45, 7) is 14.9. The fraction of sp³-hybridized carbons (Fsp3) is 0.870. The Morgan fingerprint density at radius 1 is 1.10 bits per heavy atom. The Labute approximate surface area is 185 Å². The number of carbonyl (C=O) groups is 3. The average Bonchev–Trinajstić information content (AvgIpc) is 3.02. The van der Waals surface area contributed by atoms with Gasteiger partial charge in [0.05, 0.1) is 7.11 Å². The van der Waals surface area contributed by atoms with Crippen LogP contribution in [0.4, 0.5) is 9.18 Å². The average molecular weight is 443 g/mol. The van der Waals surface area contributed by atoms with Crippen molar-refractivity contribution in [2.24, 2.45) is 29.1 Å². The first kappa shape index (κ1) is 25.4. The molecule has 1 saturated carbocycles. The van der Waals surface area contributed by atoms with Crippen LogP contribution in [0, 0.1) is 29.1 Å². The standard InChI is InChI=1S/C23H39FN2O5/c1-12-10-15(24)13(2)16-14(12)11-26(17(16)20(28)30-9)19(27)18(22(3,4)5)25-21(29)31-23(6,7)8/h12-18H,10-11H2,1-9H3,(H,25,29)/t12-,13+,14+,15+,16-,17-,18+/m0/s1. The Bertz CT molecular complexity index is 699. The van der Waals surface area contributed by atoms with Crippen molar-refractivity contribution in [2.45, 2.75) is 85.7 Å². The van der Waals surface area contributed by atoms with Crippen molar-refractivity contribution < 1.29 is 28.2 Å². The number of amides is 2. The molecule has 2 aliphatic rings. The minimum absolute atomic E-state index is 0.00260. The minimum atomic E-state index is -1.03. The van der Waals surface area contributed by atoms with E-state index in [2.05, 4.69) is 5.32 Å². The first-order valence-corrected chi connectivity index (χ1v) is 11.1. The number of alkyl halides is 1. The fourth-order valence-electron chi connectivity index (χ4n) is 5.00. The number of esters is 1. The Hall–Kier alpha value is -1.86. The number of hydrogen-bond donors (Lipinski definition) is 1. The Balaban J connectivity index is 2.38. The second-order valence-electron chi connectivity index (χ2n) is 11.2. The molecule has 1 N–H and O–H groups in total. The molecule has 0 unspecified atom stereocenters. The maximum Gasteiger partial charge on any atom is 0.408 e. The predicted molar refractivity (Wildman–Crippen MR) is 115 cm³/mol. The van der Waals surface area contributed by atoms with Gasteiger partial charge in [0.25, 0.3) is 0 Å². The van der Waals surface area contributed by atoms with Crippen LogP contribution in [-0.2, 0) is 19.1 Å². The summed E-state index contributed by atoms with van der Waals surface area (Å²) in [5.74, 6) is -1.57. The number of methoxy groups -OCH3 is 1. The maximum absolute atomic E-state index is 14.7. The van der Waals surface area contributed by atoms with Gasteiger partial charge in [0.2, 0.25) is 5.91 Å². The molecule has 1 aliphatic carbocycles. The normalized spacial score (nSPS) is 32.1. The third-order valence-corrected chi connectivity index (χ3v) is 6.61. The largest absolute Gasteiger partial charge is 0.467 e. The number of halogens is 1. The van der Waals surface area contributed by atoms with Gasteiger partial charge in [0.15, 0.2) is 0 Å². The van der Waals surface area contributed by atoms with Gasteiger partial charge in [0.1, 0.15) is 23.9 Å². The highest BCUT2D eigenvalue weighted by Gasteiger charge is 2.57. The molecule has 0 aromatic heterocycles. The van der Waals surface area contributed by atoms with E-state index in [-0.39, 0.29) is 29.6 Å². The van der Waals surface area contributed by atoms with Gasteiger partial charge in [-0.2, -0.15) is 0 Å². The topological polar surface area (TPSA) is 84.9 Å². The second kappa shape index (κ2) is 8.94. The van der Waals surface area contributed by atoms with E-state index < -0.39 is 41.3 Å². The molecule has 8 heteroatoms. The van der Waals surface area contributed by atoms with Crippen LogP contribution in [0.3, 0.4) is 0 Å². The van der Waals surface area contributed by atoms with E-state index in [0.29, 0.717) is 13.0 Å². The van der Waals surface area contributed by atoms with Crippen LogP contribution in [0.5, 0.6) is 0 Å². The quantitative estimate of drug-likeness (QED) is 0.676. The molecule has 2 fully saturated rings. The highest BCUT2D eigenvalue weighted by atomic mass is 19.1. The maximum atomic E-state index is 14.7. The zero-order chi connectivity index (χ0) is 23.9. The summed E-state index contributed by atoms with van der Waals surface area (Å²) in [5, 5.41) is 2.70. The zero-order valence-corrected chi connectivity index (χ0v) is 20.3. The number of hydrogen-bond acceptors (Lipinski definition) is 5. The van der Waals surface area contributed by atoms with E-state index >= 15 is 0 Å². The highest BCUT2D eigenvalue weighted by molar-refractivity contribution is 5.91. The summed E-state index contributed by atoms with van der Waals surface area (Å²) in [6, 6.07) is -1.79. The molecule has 31 heavy (non-hydrogen) atoms. The summed E-state index contributed by atoms with van der Waals surface area (Å²) in [4.78, 5) is 40.4. The number of fused-ring (bicyclic) bond motifs is 1. The van der Waals surface area contributed by atoms with Crippen LogP contribution in [0.25, 0.3) is 0 Å². The molecule has 7 atom stereocenters. The second-order valence-corrected chi connectivity index (χ2v) is 11.2. The lowest BCUT2D eigenvalue weighted by atomic mass is 9.66. The fourth-order valence-corrected chi connectivity index (χ4v) is 5.00. The van der Waals surface area contributed by atoms with E-state index in [1.165, 1.54) is 12.0 Å². The summed E-state index contributed by atoms with van der Waals surface area (Å²) >= 11 is 0. The molecule has 7 nitrogen and oxygen atoms in total. The van der Waals surface area contributed by atoms with Crippen LogP contribution < -0.4 is 5.32 Å². The van der Waals surface area contributed by atoms with Crippen LogP contribution in [0.1, 0.15) is 61.8 Å². The lowest BCUT2D eigenvalue weighted by Crippen LogP contribution is -2.58. The summed E-state index contributed by atoms with van der Waals surface area (Å²) in [7, 11) is 1.28. The molecular formula is C23H39FN2O5. The van der Waals surface area contributed by atoms with Gasteiger partial charge < -0.3 is 19.7 Å². The molecule has 0 aromatic carbocycles. The first-order chi connectivity index (χ1) is 14.1. The highest BCUT2D eigenvalue weighted by Crippen LogP contribution is 2.48. The molecule has 0 bridgehead atoms. The van der Waals surface area contributed by atoms with Gasteiger partial charge in [-0.25, -0.2) is 14.0 Å². The van der Waals surface area contributed by atoms with Crippen LogP contribution in [-0.4, -0.2) is 60.4 Å². The lowest BCUT2D eigenvalue weighted by molar-refractivity contribution is -0.155. The van der Waals surface area contributed by atoms with Crippen molar-refractivity contribution >= 4 is 18.0 Å². The molecule has 1 aliphatic heterocycles. The molecule has 1 saturated heterocycles. The van der Waals surface area contributed by atoms with Crippen molar-refractivity contribution in [1.29, 1.82) is 0 Å². The molecule has 0 spiro atoms. The number of nitrogens with one attached hydrogen (secondary N) is 1. The third kappa shape index (κ3) is 5.50. The summed E-state index contributed by atoms with van der Waals surface area (Å²) in [5.41, 5.74) is -1.35. The number of likely N-dealkylation sites (tertiary alicyclic amines) is 1. The van der Waals surface area contributed by atoms with Crippen LogP contribution >= 0.6 is 0 Å². The van der Waals surface area contributed by atoms with Crippen LogP contribution in [0.15, 0.2) is 0 Å². The Morgan fingerprint density at radius 3 is 2.16 bits per heavy atom. The van der Waals surface area contributed by atoms with Crippen LogP contribution in [0.2, 0.25) is 0 Å². The van der Waals surface area contributed by atoms with Gasteiger partial charge in [-0.3, -0.25) is 4.79 Å². The van der Waals surface area contributed by atoms with Crippen molar-refractivity contribution in [1.82, 2.24) is 10.2 Å². The monoisotopic (exact) mass is 442 g/mol. The van der Waals surface area contributed by atoms with E-state index in [0.717, 1.165) is 0 Å². The van der Waals surface area contributed by atoms with Gasteiger partial charge in [-0.15, -0.1) is 0 Å². The Kier molecular flexibility index (Phi) is 7.33. The lowest BCUT2D eigenvalue weighted by Gasteiger charge is -2.39. The van der Waals surface area contributed by atoms with E-state index in [4.69, 9.17) is 9.47 Å². The SMILES string of the molecule is COC(=O)[C@@H]1[C@H]2[C@H](C)[C@H](F)C[C@H](C)[C@H]2CN1C(=O)[C@@H](NC(=O)OC(C)(C)C)C(C)(C)C. The van der Waals surface area contributed by atoms with E-state index in [1.54, 1.807) is 27.7 Å². The van der Waals surface area contributed by atoms with Gasteiger partial charge in [0, 0.05) is 12.5 Å². The van der Waals surface area contributed by atoms with Crippen molar-refractivity contribution in [3.05, 3.63) is 0 Å². The number of carbonyl (C=O) groups excluding carboxylic acids is 3. The molecular weight excluding hydrogens is 403 g/mol. The minimum Gasteiger partial charge on any atom is -0.467 e. The number of alkyl carbamates (subject to hydrolysis) is 1. The molecule has 178 valence electrons. The van der Waals surface area contributed by atoms with E-state index in [9.17, 15) is 18.8 Å². The first-order valence-electron chi connectivity index (χ1n) is 11.1. The number of rotatable bonds is 3. The van der Waals surface area contributed by atoms with Crippen molar-refractivity contribution in [2.75, 3.05) is 13.7 Å². The van der Waals surface area contributed by atoms with Gasteiger partial charge in [-0.1, -0.05) is 34.6 Å². The summed E-state index contributed by atoms with van der Waals surface area (Å²) in [6.07, 6.45) is -1.31. The van der Waals surface area contributed by atoms with E-state index in [1.807, 2.05) is 27.7 Å². The summed E-state index contributed by atoms with van der Waals surface area (Å²) < 4.78 is 25.1. The van der Waals surface area contributed by atoms with Crippen molar-refractivity contribution in [3.8, 4) is 0 Å². The predicted octanol–water partition coefficient (Wildman–Crippen LogP) is 3.56. The third-order valence-electron chi connectivity index (χ3n) is 6.61. The molecule has 0 radical (unpaired) electrons. The molecule has 0 aromatic rings. The molecule has 1 heterocycles. The Morgan fingerprint density at radius 2 is 1.68 bits per heavy atom. The smallest absolute Gasteiger partial charge is 0.408 e. The van der Waals surface area contributed by atoms with Crippen molar-refractivity contribution in [3.63, 3.8) is 0 Å². The molecule has 2 amide bonds. The number of nitrogens with zero attached hydrogens (tertiary/aromatic N) is 1. The van der Waals surface area contributed by atoms with Gasteiger partial charge >= 0.3 is 12.1 Å². The zero-order valence-electron chi connectivity index (χ0n) is 20.3. The van der Waals surface area contributed by atoms with Gasteiger partial charge in [-0.05, 0) is 50.4 Å². The molecule has 2 rings (SSSR count).